The maximum atomic E-state index is 13.5. The number of carbonyl (C=O) groups is 3. The summed E-state index contributed by atoms with van der Waals surface area (Å²) in [6, 6.07) is 10.3. The predicted octanol–water partition coefficient (Wildman–Crippen LogP) is 1.26. The van der Waals surface area contributed by atoms with Crippen molar-refractivity contribution in [2.24, 2.45) is 17.2 Å². The van der Waals surface area contributed by atoms with Crippen LogP contribution in [0.25, 0.3) is 33.5 Å². The Morgan fingerprint density at radius 2 is 1.70 bits per heavy atom. The van der Waals surface area contributed by atoms with E-state index in [0.29, 0.717) is 16.6 Å². The smallest absolute Gasteiger partial charge is 0.259 e. The first kappa shape index (κ1) is 31.5. The molecule has 3 amide bonds. The quantitative estimate of drug-likeness (QED) is 0.0498. The maximum Gasteiger partial charge on any atom is 0.259 e. The predicted molar refractivity (Wildman–Crippen MR) is 164 cm³/mol. The van der Waals surface area contributed by atoms with Gasteiger partial charge in [-0.1, -0.05) is 0 Å². The van der Waals surface area contributed by atoms with E-state index in [0.717, 1.165) is 0 Å². The molecule has 0 spiro atoms. The number of hydrogen-bond donors (Lipinski definition) is 10. The van der Waals surface area contributed by atoms with Crippen LogP contribution in [0.3, 0.4) is 0 Å². The van der Waals surface area contributed by atoms with E-state index in [9.17, 15) is 33.4 Å². The van der Waals surface area contributed by atoms with E-state index >= 15 is 0 Å². The molecule has 15 nitrogen and oxygen atoms in total. The minimum atomic E-state index is -2.44. The van der Waals surface area contributed by atoms with Crippen molar-refractivity contribution in [1.29, 1.82) is 5.41 Å². The highest BCUT2D eigenvalue weighted by Crippen LogP contribution is 2.45. The molecule has 4 aromatic rings. The topological polar surface area (TPSA) is 284 Å². The number of H-pyrrole nitrogens is 1. The third-order valence-electron chi connectivity index (χ3n) is 6.99. The van der Waals surface area contributed by atoms with Gasteiger partial charge in [0.2, 0.25) is 17.7 Å². The second kappa shape index (κ2) is 12.0. The number of anilines is 1. The molecule has 0 bridgehead atoms. The Morgan fingerprint density at radius 1 is 1.02 bits per heavy atom. The standard InChI is InChI=1S/C28H30N8O7S/c1-28(2,27(41)35-20(25(32)40)11-22(29)38)13-8-16(15-10-14(36-44(42)43)4-6-21(15)37)23(39)17(9-13)26-33-18-5-3-12(24(30)31)7-19(18)34-26/h3-10,20,36-37,39H,11H2,1-2H3,(H2,29,38)(H3,30,31)(H2,32,40)(H,33,34)(H,35,41)(H,42,43)/t20-/m0/s1. The van der Waals surface area contributed by atoms with Crippen LogP contribution in [-0.4, -0.2) is 58.5 Å². The summed E-state index contributed by atoms with van der Waals surface area (Å²) in [5, 5.41) is 32.5. The lowest BCUT2D eigenvalue weighted by Crippen LogP contribution is -2.51. The van der Waals surface area contributed by atoms with Gasteiger partial charge in [-0.3, -0.25) is 29.1 Å². The number of fused-ring (bicyclic) bond motifs is 1. The Labute approximate surface area is 252 Å². The molecule has 0 saturated heterocycles. The van der Waals surface area contributed by atoms with Crippen LogP contribution in [0.15, 0.2) is 48.5 Å². The van der Waals surface area contributed by atoms with E-state index in [1.54, 1.807) is 18.2 Å². The van der Waals surface area contributed by atoms with Gasteiger partial charge in [-0.15, -0.1) is 0 Å². The Balaban J connectivity index is 1.94. The molecule has 2 atom stereocenters. The molecule has 0 aliphatic heterocycles. The van der Waals surface area contributed by atoms with Crippen LogP contribution in [0.5, 0.6) is 11.5 Å². The zero-order valence-electron chi connectivity index (χ0n) is 23.5. The number of rotatable bonds is 11. The Hall–Kier alpha value is -5.48. The minimum absolute atomic E-state index is 0.0247. The molecule has 0 fully saturated rings. The third kappa shape index (κ3) is 6.45. The monoisotopic (exact) mass is 622 g/mol. The van der Waals surface area contributed by atoms with Gasteiger partial charge < -0.3 is 37.7 Å². The summed E-state index contributed by atoms with van der Waals surface area (Å²) in [6.07, 6.45) is -0.523. The SMILES string of the molecule is CC(C)(C(=O)N[C@@H](CC(N)=O)C(N)=O)c1cc(-c2nc3cc(C(=N)N)ccc3[nH]2)c(O)c(-c2cc(NS(=O)O)ccc2O)c1. The Kier molecular flexibility index (Phi) is 8.59. The highest BCUT2D eigenvalue weighted by Gasteiger charge is 2.35. The van der Waals surface area contributed by atoms with Crippen LogP contribution in [0.1, 0.15) is 31.4 Å². The Bertz CT molecular complexity index is 1850. The number of nitrogens with one attached hydrogen (secondary N) is 4. The fraction of sp³-hybridized carbons (Fsp3) is 0.179. The van der Waals surface area contributed by atoms with Gasteiger partial charge in [0.05, 0.1) is 28.4 Å². The fourth-order valence-electron chi connectivity index (χ4n) is 4.49. The van der Waals surface area contributed by atoms with Crippen LogP contribution < -0.4 is 27.2 Å². The lowest BCUT2D eigenvalue weighted by Gasteiger charge is -2.28. The fourth-order valence-corrected chi connectivity index (χ4v) is 4.82. The van der Waals surface area contributed by atoms with Gasteiger partial charge in [0.1, 0.15) is 29.2 Å². The number of aromatic amines is 1. The molecule has 1 unspecified atom stereocenters. The van der Waals surface area contributed by atoms with Crippen LogP contribution in [-0.2, 0) is 31.1 Å². The molecule has 4 rings (SSSR count). The lowest BCUT2D eigenvalue weighted by atomic mass is 9.80. The number of primary amides is 2. The van der Waals surface area contributed by atoms with Gasteiger partial charge in [0.25, 0.3) is 11.3 Å². The number of aromatic nitrogens is 2. The average molecular weight is 623 g/mol. The number of nitrogen functional groups attached to an aromatic ring is 1. The number of aromatic hydroxyl groups is 2. The first-order valence-corrected chi connectivity index (χ1v) is 14.0. The molecule has 0 saturated carbocycles. The van der Waals surface area contributed by atoms with E-state index in [1.807, 2.05) is 0 Å². The van der Waals surface area contributed by atoms with Gasteiger partial charge in [0.15, 0.2) is 0 Å². The molecule has 13 N–H and O–H groups in total. The van der Waals surface area contributed by atoms with E-state index < -0.39 is 46.9 Å². The van der Waals surface area contributed by atoms with Crippen molar-refractivity contribution in [3.8, 4) is 34.0 Å². The first-order chi connectivity index (χ1) is 20.6. The maximum absolute atomic E-state index is 13.5. The lowest BCUT2D eigenvalue weighted by molar-refractivity contribution is -0.131. The molecule has 1 aromatic heterocycles. The molecule has 230 valence electrons. The summed E-state index contributed by atoms with van der Waals surface area (Å²) in [5.41, 5.74) is 16.7. The van der Waals surface area contributed by atoms with Crippen LogP contribution in [0, 0.1) is 5.41 Å². The van der Waals surface area contributed by atoms with Crippen molar-refractivity contribution in [3.05, 3.63) is 59.7 Å². The number of hydrogen-bond acceptors (Lipinski definition) is 8. The first-order valence-electron chi connectivity index (χ1n) is 12.9. The number of phenols is 2. The molecule has 3 aromatic carbocycles. The number of nitrogens with two attached hydrogens (primary N) is 3. The van der Waals surface area contributed by atoms with Crippen LogP contribution in [0.2, 0.25) is 0 Å². The number of imidazole rings is 1. The van der Waals surface area contributed by atoms with Gasteiger partial charge in [-0.25, -0.2) is 9.19 Å². The molecule has 0 aliphatic rings. The average Bonchev–Trinajstić information content (AvgIpc) is 3.36. The van der Waals surface area contributed by atoms with Gasteiger partial charge in [-0.2, -0.15) is 0 Å². The molecule has 0 radical (unpaired) electrons. The van der Waals surface area contributed by atoms with Crippen molar-refractivity contribution in [2.75, 3.05) is 4.72 Å². The van der Waals surface area contributed by atoms with Crippen LogP contribution >= 0.6 is 0 Å². The van der Waals surface area contributed by atoms with E-state index in [1.165, 1.54) is 44.2 Å². The highest BCUT2D eigenvalue weighted by atomic mass is 32.2. The van der Waals surface area contributed by atoms with Gasteiger partial charge in [-0.05, 0) is 67.9 Å². The largest absolute Gasteiger partial charge is 0.507 e. The molecular formula is C28H30N8O7S. The Morgan fingerprint density at radius 3 is 2.32 bits per heavy atom. The van der Waals surface area contributed by atoms with Crippen molar-refractivity contribution in [1.82, 2.24) is 15.3 Å². The molecule has 44 heavy (non-hydrogen) atoms. The zero-order valence-corrected chi connectivity index (χ0v) is 24.3. The number of benzene rings is 3. The van der Waals surface area contributed by atoms with Crippen molar-refractivity contribution < 1.29 is 33.4 Å². The summed E-state index contributed by atoms with van der Waals surface area (Å²) in [6.45, 7) is 3.05. The molecule has 1 heterocycles. The zero-order chi connectivity index (χ0) is 32.5. The second-order valence-electron chi connectivity index (χ2n) is 10.5. The highest BCUT2D eigenvalue weighted by molar-refractivity contribution is 7.80. The molecular weight excluding hydrogens is 592 g/mol. The summed E-state index contributed by atoms with van der Waals surface area (Å²) < 4.78 is 23.0. The van der Waals surface area contributed by atoms with Crippen molar-refractivity contribution in [3.63, 3.8) is 0 Å². The van der Waals surface area contributed by atoms with Crippen molar-refractivity contribution in [2.45, 2.75) is 31.7 Å². The number of amidine groups is 1. The third-order valence-corrected chi connectivity index (χ3v) is 7.40. The summed E-state index contributed by atoms with van der Waals surface area (Å²) >= 11 is -2.44. The summed E-state index contributed by atoms with van der Waals surface area (Å²) in [4.78, 5) is 44.5. The van der Waals surface area contributed by atoms with E-state index in [-0.39, 0.29) is 51.1 Å². The van der Waals surface area contributed by atoms with Gasteiger partial charge >= 0.3 is 0 Å². The number of phenolic OH excluding ortho intramolecular Hbond substituents is 2. The number of amides is 3. The normalized spacial score (nSPS) is 12.8. The number of nitrogens with zero attached hydrogens (tertiary/aromatic N) is 1. The van der Waals surface area contributed by atoms with Gasteiger partial charge in [0, 0.05) is 22.4 Å². The van der Waals surface area contributed by atoms with Crippen LogP contribution in [0.4, 0.5) is 5.69 Å². The molecule has 16 heteroatoms. The van der Waals surface area contributed by atoms with E-state index in [2.05, 4.69) is 20.0 Å². The van der Waals surface area contributed by atoms with Crippen molar-refractivity contribution >= 4 is 51.5 Å². The minimum Gasteiger partial charge on any atom is -0.507 e. The summed E-state index contributed by atoms with van der Waals surface area (Å²) in [7, 11) is 0. The van der Waals surface area contributed by atoms with E-state index in [4.69, 9.17) is 22.6 Å². The second-order valence-corrected chi connectivity index (χ2v) is 11.2. The number of carbonyl (C=O) groups excluding carboxylic acids is 3. The summed E-state index contributed by atoms with van der Waals surface area (Å²) in [5.74, 6) is -3.21. The molecule has 0 aliphatic carbocycles.